The normalized spacial score (nSPS) is 12.3. The first-order valence-corrected chi connectivity index (χ1v) is 6.76. The van der Waals surface area contributed by atoms with E-state index in [1.807, 2.05) is 6.92 Å². The van der Waals surface area contributed by atoms with Gasteiger partial charge in [-0.2, -0.15) is 0 Å². The van der Waals surface area contributed by atoms with E-state index in [-0.39, 0.29) is 17.8 Å². The van der Waals surface area contributed by atoms with Gasteiger partial charge in [0.2, 0.25) is 5.91 Å². The number of amides is 1. The lowest BCUT2D eigenvalue weighted by Crippen LogP contribution is -2.44. The van der Waals surface area contributed by atoms with E-state index in [0.717, 1.165) is 18.5 Å². The zero-order valence-corrected chi connectivity index (χ0v) is 12.2. The molecule has 0 radical (unpaired) electrons. The number of benzene rings is 1. The van der Waals surface area contributed by atoms with Crippen LogP contribution in [0.25, 0.3) is 0 Å². The predicted octanol–water partition coefficient (Wildman–Crippen LogP) is 2.88. The smallest absolute Gasteiger partial charge is 0.243 e. The van der Waals surface area contributed by atoms with Crippen molar-refractivity contribution in [2.75, 3.05) is 18.5 Å². The van der Waals surface area contributed by atoms with Crippen LogP contribution in [0.4, 0.5) is 10.1 Å². The summed E-state index contributed by atoms with van der Waals surface area (Å²) in [5.74, 6) is -0.227. The Balaban J connectivity index is 3.01. The molecule has 0 bridgehead atoms. The first-order chi connectivity index (χ1) is 9.01. The molecule has 0 aliphatic heterocycles. The van der Waals surface area contributed by atoms with E-state index in [0.29, 0.717) is 12.1 Å². The van der Waals surface area contributed by atoms with E-state index < -0.39 is 0 Å². The molecule has 0 heterocycles. The number of nitrogens with one attached hydrogen (secondary N) is 1. The summed E-state index contributed by atoms with van der Waals surface area (Å²) >= 11 is 0. The van der Waals surface area contributed by atoms with Gasteiger partial charge in [-0.05, 0) is 51.1 Å². The highest BCUT2D eigenvalue weighted by atomic mass is 19.1. The molecule has 1 atom stereocenters. The van der Waals surface area contributed by atoms with Gasteiger partial charge >= 0.3 is 0 Å². The van der Waals surface area contributed by atoms with Crippen LogP contribution in [-0.2, 0) is 4.79 Å². The average molecular weight is 266 g/mol. The van der Waals surface area contributed by atoms with Crippen molar-refractivity contribution in [3.63, 3.8) is 0 Å². The van der Waals surface area contributed by atoms with Crippen LogP contribution in [0.1, 0.15) is 32.3 Å². The SMILES string of the molecule is CCCCN(C(=O)C(C)NC)c1ccc(F)c(C)c1. The Labute approximate surface area is 114 Å². The maximum atomic E-state index is 13.3. The van der Waals surface area contributed by atoms with Crippen molar-refractivity contribution in [1.82, 2.24) is 5.32 Å². The fourth-order valence-electron chi connectivity index (χ4n) is 1.84. The summed E-state index contributed by atoms with van der Waals surface area (Å²) in [5, 5.41) is 2.95. The Morgan fingerprint density at radius 2 is 2.16 bits per heavy atom. The van der Waals surface area contributed by atoms with Gasteiger partial charge in [0, 0.05) is 12.2 Å². The summed E-state index contributed by atoms with van der Waals surface area (Å²) in [6.07, 6.45) is 1.94. The second-order valence-electron chi connectivity index (χ2n) is 4.79. The highest BCUT2D eigenvalue weighted by Gasteiger charge is 2.20. The molecule has 1 aromatic carbocycles. The summed E-state index contributed by atoms with van der Waals surface area (Å²) in [6.45, 7) is 6.28. The molecule has 0 aromatic heterocycles. The minimum atomic E-state index is -0.248. The van der Waals surface area contributed by atoms with Gasteiger partial charge in [0.25, 0.3) is 0 Å². The Bertz CT molecular complexity index is 434. The molecular weight excluding hydrogens is 243 g/mol. The number of aryl methyl sites for hydroxylation is 1. The molecule has 19 heavy (non-hydrogen) atoms. The highest BCUT2D eigenvalue weighted by Crippen LogP contribution is 2.20. The van der Waals surface area contributed by atoms with Crippen molar-refractivity contribution < 1.29 is 9.18 Å². The van der Waals surface area contributed by atoms with E-state index in [2.05, 4.69) is 12.2 Å². The first-order valence-electron chi connectivity index (χ1n) is 6.76. The van der Waals surface area contributed by atoms with E-state index in [4.69, 9.17) is 0 Å². The fourth-order valence-corrected chi connectivity index (χ4v) is 1.84. The number of anilines is 1. The van der Waals surface area contributed by atoms with Crippen LogP contribution in [0.15, 0.2) is 18.2 Å². The topological polar surface area (TPSA) is 32.3 Å². The van der Waals surface area contributed by atoms with E-state index in [9.17, 15) is 9.18 Å². The molecule has 0 aliphatic rings. The number of hydrogen-bond donors (Lipinski definition) is 1. The number of carbonyl (C=O) groups excluding carboxylic acids is 1. The Hall–Kier alpha value is -1.42. The first kappa shape index (κ1) is 15.6. The van der Waals surface area contributed by atoms with E-state index in [1.54, 1.807) is 31.0 Å². The summed E-state index contributed by atoms with van der Waals surface area (Å²) in [6, 6.07) is 4.56. The van der Waals surface area contributed by atoms with Crippen LogP contribution in [0, 0.1) is 12.7 Å². The number of likely N-dealkylation sites (N-methyl/N-ethyl adjacent to an activating group) is 1. The molecule has 0 saturated carbocycles. The Morgan fingerprint density at radius 1 is 1.47 bits per heavy atom. The summed E-state index contributed by atoms with van der Waals surface area (Å²) in [5.41, 5.74) is 1.32. The van der Waals surface area contributed by atoms with Crippen LogP contribution in [0.3, 0.4) is 0 Å². The number of rotatable bonds is 6. The van der Waals surface area contributed by atoms with Gasteiger partial charge in [-0.25, -0.2) is 4.39 Å². The standard InChI is InChI=1S/C15H23FN2O/c1-5-6-9-18(15(19)12(3)17-4)13-7-8-14(16)11(2)10-13/h7-8,10,12,17H,5-6,9H2,1-4H3. The summed E-state index contributed by atoms with van der Waals surface area (Å²) < 4.78 is 13.3. The van der Waals surface area contributed by atoms with Crippen LogP contribution < -0.4 is 10.2 Å². The maximum Gasteiger partial charge on any atom is 0.243 e. The van der Waals surface area contributed by atoms with Crippen LogP contribution in [0.5, 0.6) is 0 Å². The van der Waals surface area contributed by atoms with Crippen molar-refractivity contribution in [2.24, 2.45) is 0 Å². The molecule has 0 saturated heterocycles. The van der Waals surface area contributed by atoms with Crippen LogP contribution >= 0.6 is 0 Å². The van der Waals surface area contributed by atoms with Crippen molar-refractivity contribution in [2.45, 2.75) is 39.7 Å². The van der Waals surface area contributed by atoms with Gasteiger partial charge < -0.3 is 10.2 Å². The summed E-state index contributed by atoms with van der Waals surface area (Å²) in [7, 11) is 1.76. The third-order valence-electron chi connectivity index (χ3n) is 3.26. The zero-order valence-electron chi connectivity index (χ0n) is 12.2. The molecule has 0 aliphatic carbocycles. The zero-order chi connectivity index (χ0) is 14.4. The quantitative estimate of drug-likeness (QED) is 0.858. The number of halogens is 1. The van der Waals surface area contributed by atoms with Crippen molar-refractivity contribution in [1.29, 1.82) is 0 Å². The van der Waals surface area contributed by atoms with Gasteiger partial charge in [-0.3, -0.25) is 4.79 Å². The minimum Gasteiger partial charge on any atom is -0.311 e. The monoisotopic (exact) mass is 266 g/mol. The summed E-state index contributed by atoms with van der Waals surface area (Å²) in [4.78, 5) is 14.1. The molecule has 1 aromatic rings. The lowest BCUT2D eigenvalue weighted by Gasteiger charge is -2.26. The van der Waals surface area contributed by atoms with Crippen molar-refractivity contribution in [3.8, 4) is 0 Å². The maximum absolute atomic E-state index is 13.3. The second-order valence-corrected chi connectivity index (χ2v) is 4.79. The minimum absolute atomic E-state index is 0.0157. The third-order valence-corrected chi connectivity index (χ3v) is 3.26. The molecule has 0 fully saturated rings. The Morgan fingerprint density at radius 3 is 2.68 bits per heavy atom. The third kappa shape index (κ3) is 4.03. The second kappa shape index (κ2) is 7.24. The molecule has 106 valence electrons. The van der Waals surface area contributed by atoms with E-state index >= 15 is 0 Å². The van der Waals surface area contributed by atoms with Crippen molar-refractivity contribution >= 4 is 11.6 Å². The molecule has 3 nitrogen and oxygen atoms in total. The van der Waals surface area contributed by atoms with Gasteiger partial charge in [0.05, 0.1) is 6.04 Å². The molecule has 0 spiro atoms. The highest BCUT2D eigenvalue weighted by molar-refractivity contribution is 5.97. The van der Waals surface area contributed by atoms with E-state index in [1.165, 1.54) is 6.07 Å². The lowest BCUT2D eigenvalue weighted by atomic mass is 10.1. The number of carbonyl (C=O) groups is 1. The molecule has 1 rings (SSSR count). The number of hydrogen-bond acceptors (Lipinski definition) is 2. The predicted molar refractivity (Wildman–Crippen MR) is 76.9 cm³/mol. The van der Waals surface area contributed by atoms with Gasteiger partial charge in [0.15, 0.2) is 0 Å². The van der Waals surface area contributed by atoms with Crippen LogP contribution in [-0.4, -0.2) is 25.5 Å². The molecule has 1 amide bonds. The molecule has 1 N–H and O–H groups in total. The fraction of sp³-hybridized carbons (Fsp3) is 0.533. The average Bonchev–Trinajstić information content (AvgIpc) is 2.41. The van der Waals surface area contributed by atoms with Gasteiger partial charge in [-0.1, -0.05) is 13.3 Å². The molecular formula is C15H23FN2O. The Kier molecular flexibility index (Phi) is 5.96. The van der Waals surface area contributed by atoms with Crippen molar-refractivity contribution in [3.05, 3.63) is 29.6 Å². The van der Waals surface area contributed by atoms with Gasteiger partial charge in [0.1, 0.15) is 5.82 Å². The van der Waals surface area contributed by atoms with Crippen LogP contribution in [0.2, 0.25) is 0 Å². The number of unbranched alkanes of at least 4 members (excludes halogenated alkanes) is 1. The largest absolute Gasteiger partial charge is 0.311 e. The van der Waals surface area contributed by atoms with Gasteiger partial charge in [-0.15, -0.1) is 0 Å². The molecule has 4 heteroatoms. The number of nitrogens with zero attached hydrogens (tertiary/aromatic N) is 1. The molecule has 1 unspecified atom stereocenters. The lowest BCUT2D eigenvalue weighted by molar-refractivity contribution is -0.120.